The lowest BCUT2D eigenvalue weighted by molar-refractivity contribution is 0.626. The summed E-state index contributed by atoms with van der Waals surface area (Å²) < 4.78 is 13.3. The molecule has 1 aromatic heterocycles. The van der Waals surface area contributed by atoms with Crippen LogP contribution in [-0.2, 0) is 0 Å². The van der Waals surface area contributed by atoms with Crippen LogP contribution in [-0.4, -0.2) is 4.98 Å². The van der Waals surface area contributed by atoms with Gasteiger partial charge in [-0.2, -0.15) is 0 Å². The van der Waals surface area contributed by atoms with Gasteiger partial charge in [-0.15, -0.1) is 0 Å². The summed E-state index contributed by atoms with van der Waals surface area (Å²) in [7, 11) is 0. The second-order valence-electron chi connectivity index (χ2n) is 5.05. The summed E-state index contributed by atoms with van der Waals surface area (Å²) in [5.74, 6) is -0.192. The number of halogens is 1. The second-order valence-corrected chi connectivity index (χ2v) is 5.05. The highest BCUT2D eigenvalue weighted by molar-refractivity contribution is 5.81. The second kappa shape index (κ2) is 6.47. The molecule has 0 unspecified atom stereocenters. The molecule has 1 heterocycles. The fraction of sp³-hybridized carbons (Fsp3) is 0.278. The number of rotatable bonds is 4. The smallest absolute Gasteiger partial charge is 0.123 e. The van der Waals surface area contributed by atoms with E-state index in [9.17, 15) is 4.39 Å². The van der Waals surface area contributed by atoms with E-state index in [1.807, 2.05) is 32.2 Å². The molecule has 20 heavy (non-hydrogen) atoms. The number of nitrogens with zero attached hydrogens (tertiary/aromatic N) is 1. The molecule has 0 aliphatic carbocycles. The number of hydrogen-bond acceptors (Lipinski definition) is 1. The standard InChI is InChI=1S/C18H20FN/c1-4-5-6-18(15-8-7-14(3)20-12-15)17-10-9-16(19)11-13(17)2/h6-12H,4-5H2,1-3H3/b18-6-. The molecular weight excluding hydrogens is 249 g/mol. The van der Waals surface area contributed by atoms with Gasteiger partial charge in [0, 0.05) is 17.5 Å². The zero-order valence-corrected chi connectivity index (χ0v) is 12.3. The van der Waals surface area contributed by atoms with Crippen LogP contribution in [0.4, 0.5) is 4.39 Å². The van der Waals surface area contributed by atoms with E-state index < -0.39 is 0 Å². The first-order valence-electron chi connectivity index (χ1n) is 7.01. The highest BCUT2D eigenvalue weighted by atomic mass is 19.1. The minimum Gasteiger partial charge on any atom is -0.261 e. The maximum absolute atomic E-state index is 13.3. The first kappa shape index (κ1) is 14.4. The summed E-state index contributed by atoms with van der Waals surface area (Å²) in [5, 5.41) is 0. The van der Waals surface area contributed by atoms with E-state index in [0.717, 1.165) is 40.8 Å². The van der Waals surface area contributed by atoms with Gasteiger partial charge in [0.1, 0.15) is 5.82 Å². The van der Waals surface area contributed by atoms with Crippen LogP contribution in [0.15, 0.2) is 42.6 Å². The van der Waals surface area contributed by atoms with Gasteiger partial charge in [-0.25, -0.2) is 4.39 Å². The van der Waals surface area contributed by atoms with Crippen molar-refractivity contribution >= 4 is 5.57 Å². The average molecular weight is 269 g/mol. The molecule has 1 nitrogen and oxygen atoms in total. The lowest BCUT2D eigenvalue weighted by Gasteiger charge is -2.12. The summed E-state index contributed by atoms with van der Waals surface area (Å²) in [6, 6.07) is 9.03. The Morgan fingerprint density at radius 2 is 2.00 bits per heavy atom. The fourth-order valence-corrected chi connectivity index (χ4v) is 2.23. The number of aryl methyl sites for hydroxylation is 2. The van der Waals surface area contributed by atoms with E-state index in [1.54, 1.807) is 6.07 Å². The summed E-state index contributed by atoms with van der Waals surface area (Å²) in [5.41, 5.74) is 5.24. The van der Waals surface area contributed by atoms with Gasteiger partial charge >= 0.3 is 0 Å². The normalized spacial score (nSPS) is 11.7. The van der Waals surface area contributed by atoms with E-state index in [1.165, 1.54) is 6.07 Å². The molecule has 0 saturated heterocycles. The number of hydrogen-bond donors (Lipinski definition) is 0. The average Bonchev–Trinajstić information content (AvgIpc) is 2.42. The molecule has 0 bridgehead atoms. The van der Waals surface area contributed by atoms with E-state index in [2.05, 4.69) is 24.1 Å². The van der Waals surface area contributed by atoms with Crippen molar-refractivity contribution in [2.45, 2.75) is 33.6 Å². The molecule has 2 aromatic rings. The van der Waals surface area contributed by atoms with Gasteiger partial charge in [0.15, 0.2) is 0 Å². The maximum Gasteiger partial charge on any atom is 0.123 e. The molecule has 0 N–H and O–H groups in total. The van der Waals surface area contributed by atoms with Crippen LogP contribution in [0.5, 0.6) is 0 Å². The molecule has 1 aromatic carbocycles. The molecule has 0 aliphatic rings. The first-order valence-corrected chi connectivity index (χ1v) is 7.01. The van der Waals surface area contributed by atoms with Crippen molar-refractivity contribution in [1.82, 2.24) is 4.98 Å². The largest absolute Gasteiger partial charge is 0.261 e. The third-order valence-corrected chi connectivity index (χ3v) is 3.34. The third-order valence-electron chi connectivity index (χ3n) is 3.34. The Morgan fingerprint density at radius 1 is 1.20 bits per heavy atom. The molecule has 2 heteroatoms. The molecule has 104 valence electrons. The SMILES string of the molecule is CCC/C=C(/c1ccc(C)nc1)c1ccc(F)cc1C. The number of allylic oxidation sites excluding steroid dienone is 1. The van der Waals surface area contributed by atoms with Crippen molar-refractivity contribution < 1.29 is 4.39 Å². The Hall–Kier alpha value is -1.96. The third kappa shape index (κ3) is 3.32. The minimum absolute atomic E-state index is 0.192. The van der Waals surface area contributed by atoms with Crippen molar-refractivity contribution in [1.29, 1.82) is 0 Å². The predicted molar refractivity (Wildman–Crippen MR) is 82.1 cm³/mol. The van der Waals surface area contributed by atoms with Crippen LogP contribution in [0.3, 0.4) is 0 Å². The van der Waals surface area contributed by atoms with Gasteiger partial charge in [0.05, 0.1) is 0 Å². The first-order chi connectivity index (χ1) is 9.61. The van der Waals surface area contributed by atoms with Gasteiger partial charge in [0.25, 0.3) is 0 Å². The lowest BCUT2D eigenvalue weighted by Crippen LogP contribution is -1.94. The molecule has 0 aliphatic heterocycles. The van der Waals surface area contributed by atoms with Crippen LogP contribution < -0.4 is 0 Å². The molecule has 0 radical (unpaired) electrons. The molecule has 2 rings (SSSR count). The highest BCUT2D eigenvalue weighted by Gasteiger charge is 2.09. The van der Waals surface area contributed by atoms with Crippen molar-refractivity contribution in [2.75, 3.05) is 0 Å². The van der Waals surface area contributed by atoms with Gasteiger partial charge in [-0.05, 0) is 55.2 Å². The van der Waals surface area contributed by atoms with E-state index in [0.29, 0.717) is 0 Å². The zero-order valence-electron chi connectivity index (χ0n) is 12.3. The zero-order chi connectivity index (χ0) is 14.5. The van der Waals surface area contributed by atoms with Gasteiger partial charge in [0.2, 0.25) is 0 Å². The summed E-state index contributed by atoms with van der Waals surface area (Å²) in [6.45, 7) is 6.07. The van der Waals surface area contributed by atoms with E-state index in [4.69, 9.17) is 0 Å². The Balaban J connectivity index is 2.50. The molecular formula is C18H20FN. The number of benzene rings is 1. The van der Waals surface area contributed by atoms with E-state index in [-0.39, 0.29) is 5.82 Å². The molecule has 0 atom stereocenters. The Morgan fingerprint density at radius 3 is 2.60 bits per heavy atom. The molecule has 0 fully saturated rings. The van der Waals surface area contributed by atoms with Gasteiger partial charge < -0.3 is 0 Å². The summed E-state index contributed by atoms with van der Waals surface area (Å²) >= 11 is 0. The number of unbranched alkanes of at least 4 members (excludes halogenated alkanes) is 1. The van der Waals surface area contributed by atoms with Crippen molar-refractivity contribution in [2.24, 2.45) is 0 Å². The van der Waals surface area contributed by atoms with E-state index >= 15 is 0 Å². The maximum atomic E-state index is 13.3. The number of pyridine rings is 1. The van der Waals surface area contributed by atoms with Crippen LogP contribution >= 0.6 is 0 Å². The van der Waals surface area contributed by atoms with Gasteiger partial charge in [-0.1, -0.05) is 31.6 Å². The summed E-state index contributed by atoms with van der Waals surface area (Å²) in [6.07, 6.45) is 6.19. The van der Waals surface area contributed by atoms with Gasteiger partial charge in [-0.3, -0.25) is 4.98 Å². The Kier molecular flexibility index (Phi) is 4.67. The molecule has 0 amide bonds. The van der Waals surface area contributed by atoms with Crippen molar-refractivity contribution in [3.05, 3.63) is 70.8 Å². The lowest BCUT2D eigenvalue weighted by atomic mass is 9.94. The fourth-order valence-electron chi connectivity index (χ4n) is 2.23. The van der Waals surface area contributed by atoms with Crippen LogP contribution in [0, 0.1) is 19.7 Å². The Labute approximate surface area is 120 Å². The van der Waals surface area contributed by atoms with Crippen molar-refractivity contribution in [3.8, 4) is 0 Å². The van der Waals surface area contributed by atoms with Crippen LogP contribution in [0.25, 0.3) is 5.57 Å². The molecule has 0 spiro atoms. The minimum atomic E-state index is -0.192. The van der Waals surface area contributed by atoms with Crippen LogP contribution in [0.2, 0.25) is 0 Å². The van der Waals surface area contributed by atoms with Crippen molar-refractivity contribution in [3.63, 3.8) is 0 Å². The quantitative estimate of drug-likeness (QED) is 0.755. The topological polar surface area (TPSA) is 12.9 Å². The van der Waals surface area contributed by atoms with Crippen LogP contribution in [0.1, 0.15) is 42.1 Å². The monoisotopic (exact) mass is 269 g/mol. The summed E-state index contributed by atoms with van der Waals surface area (Å²) in [4.78, 5) is 4.37. The Bertz CT molecular complexity index is 612. The highest BCUT2D eigenvalue weighted by Crippen LogP contribution is 2.27. The molecule has 0 saturated carbocycles. The number of aromatic nitrogens is 1. The predicted octanol–water partition coefficient (Wildman–Crippen LogP) is 5.07.